The van der Waals surface area contributed by atoms with E-state index in [-0.39, 0.29) is 22.6 Å². The number of hydrogen-bond acceptors (Lipinski definition) is 4. The van der Waals surface area contributed by atoms with E-state index in [9.17, 15) is 18.9 Å². The number of benzene rings is 2. The van der Waals surface area contributed by atoms with Gasteiger partial charge in [-0.15, -0.1) is 0 Å². The van der Waals surface area contributed by atoms with Gasteiger partial charge in [0, 0.05) is 30.6 Å². The number of anilines is 3. The quantitative estimate of drug-likeness (QED) is 0.661. The van der Waals surface area contributed by atoms with Crippen molar-refractivity contribution >= 4 is 22.7 Å². The van der Waals surface area contributed by atoms with Gasteiger partial charge in [-0.05, 0) is 24.6 Å². The van der Waals surface area contributed by atoms with Crippen molar-refractivity contribution in [3.05, 3.63) is 57.6 Å². The molecule has 0 saturated heterocycles. The smallest absolute Gasteiger partial charge is 0.273 e. The number of halogens is 2. The van der Waals surface area contributed by atoms with Crippen LogP contribution in [0.4, 0.5) is 31.5 Å². The zero-order valence-corrected chi connectivity index (χ0v) is 11.4. The van der Waals surface area contributed by atoms with E-state index in [0.717, 1.165) is 6.07 Å². The summed E-state index contributed by atoms with van der Waals surface area (Å²) in [6.07, 6.45) is 0. The van der Waals surface area contributed by atoms with Crippen molar-refractivity contribution in [2.24, 2.45) is 0 Å². The number of nitrogens with zero attached hydrogens (tertiary/aromatic N) is 1. The van der Waals surface area contributed by atoms with Crippen LogP contribution in [-0.4, -0.2) is 12.0 Å². The highest BCUT2D eigenvalue weighted by Gasteiger charge is 2.14. The standard InChI is InChI=1S/C14H13F2N3O2/c1-8-3-4-12(15)14(13(8)16)18-10-5-9(17-2)6-11(7-10)19(20)21/h3-7,17-18H,1-2H3. The fourth-order valence-electron chi connectivity index (χ4n) is 1.85. The van der Waals surface area contributed by atoms with Gasteiger partial charge >= 0.3 is 0 Å². The molecule has 21 heavy (non-hydrogen) atoms. The SMILES string of the molecule is CNc1cc(Nc2c(F)ccc(C)c2F)cc([N+](=O)[O-])c1. The summed E-state index contributed by atoms with van der Waals surface area (Å²) in [7, 11) is 1.59. The molecule has 0 bridgehead atoms. The van der Waals surface area contributed by atoms with E-state index >= 15 is 0 Å². The Morgan fingerprint density at radius 3 is 2.43 bits per heavy atom. The Bertz CT molecular complexity index is 705. The van der Waals surface area contributed by atoms with Crippen LogP contribution in [0, 0.1) is 28.7 Å². The molecule has 0 aliphatic rings. The first-order chi connectivity index (χ1) is 9.92. The van der Waals surface area contributed by atoms with Crippen LogP contribution in [-0.2, 0) is 0 Å². The lowest BCUT2D eigenvalue weighted by molar-refractivity contribution is -0.384. The Morgan fingerprint density at radius 2 is 1.81 bits per heavy atom. The molecule has 0 unspecified atom stereocenters. The summed E-state index contributed by atoms with van der Waals surface area (Å²) in [5.41, 5.74) is 0.436. The summed E-state index contributed by atoms with van der Waals surface area (Å²) >= 11 is 0. The van der Waals surface area contributed by atoms with Crippen molar-refractivity contribution in [1.82, 2.24) is 0 Å². The minimum absolute atomic E-state index is 0.183. The third-order valence-electron chi connectivity index (χ3n) is 2.97. The molecule has 0 fully saturated rings. The second-order valence-corrected chi connectivity index (χ2v) is 4.45. The molecule has 0 aliphatic carbocycles. The molecule has 0 saturated carbocycles. The van der Waals surface area contributed by atoms with Crippen molar-refractivity contribution in [2.75, 3.05) is 17.7 Å². The summed E-state index contributed by atoms with van der Waals surface area (Å²) in [6.45, 7) is 1.51. The van der Waals surface area contributed by atoms with Gasteiger partial charge < -0.3 is 10.6 Å². The topological polar surface area (TPSA) is 67.2 Å². The van der Waals surface area contributed by atoms with Gasteiger partial charge in [-0.3, -0.25) is 10.1 Å². The predicted octanol–water partition coefficient (Wildman–Crippen LogP) is 3.97. The first-order valence-corrected chi connectivity index (χ1v) is 6.11. The van der Waals surface area contributed by atoms with Crippen LogP contribution in [0.15, 0.2) is 30.3 Å². The third-order valence-corrected chi connectivity index (χ3v) is 2.97. The number of nitro benzene ring substituents is 1. The van der Waals surface area contributed by atoms with E-state index < -0.39 is 16.6 Å². The van der Waals surface area contributed by atoms with Crippen molar-refractivity contribution in [3.63, 3.8) is 0 Å². The number of hydrogen-bond donors (Lipinski definition) is 2. The average molecular weight is 293 g/mol. The molecule has 2 N–H and O–H groups in total. The highest BCUT2D eigenvalue weighted by molar-refractivity contribution is 5.69. The van der Waals surface area contributed by atoms with Crippen LogP contribution in [0.1, 0.15) is 5.56 Å². The summed E-state index contributed by atoms with van der Waals surface area (Å²) in [4.78, 5) is 10.3. The first kappa shape index (κ1) is 14.7. The van der Waals surface area contributed by atoms with Gasteiger partial charge in [-0.2, -0.15) is 0 Å². The van der Waals surface area contributed by atoms with Gasteiger partial charge in [-0.25, -0.2) is 8.78 Å². The van der Waals surface area contributed by atoms with Crippen LogP contribution in [0.5, 0.6) is 0 Å². The third kappa shape index (κ3) is 3.07. The zero-order valence-electron chi connectivity index (χ0n) is 11.4. The summed E-state index contributed by atoms with van der Waals surface area (Å²) in [5.74, 6) is -1.50. The van der Waals surface area contributed by atoms with Gasteiger partial charge in [-0.1, -0.05) is 6.07 Å². The Labute approximate surface area is 119 Å². The zero-order chi connectivity index (χ0) is 15.6. The molecule has 0 radical (unpaired) electrons. The molecule has 0 aromatic heterocycles. The normalized spacial score (nSPS) is 10.3. The van der Waals surface area contributed by atoms with Gasteiger partial charge in [0.2, 0.25) is 0 Å². The molecular weight excluding hydrogens is 280 g/mol. The average Bonchev–Trinajstić information content (AvgIpc) is 2.47. The maximum Gasteiger partial charge on any atom is 0.273 e. The molecule has 0 amide bonds. The Morgan fingerprint density at radius 1 is 1.14 bits per heavy atom. The number of nitrogens with one attached hydrogen (secondary N) is 2. The highest BCUT2D eigenvalue weighted by Crippen LogP contribution is 2.29. The summed E-state index contributed by atoms with van der Waals surface area (Å²) in [5, 5.41) is 16.2. The fourth-order valence-corrected chi connectivity index (χ4v) is 1.85. The summed E-state index contributed by atoms with van der Waals surface area (Å²) < 4.78 is 27.6. The van der Waals surface area contributed by atoms with Crippen molar-refractivity contribution in [1.29, 1.82) is 0 Å². The van der Waals surface area contributed by atoms with Crippen molar-refractivity contribution < 1.29 is 13.7 Å². The monoisotopic (exact) mass is 293 g/mol. The Hall–Kier alpha value is -2.70. The summed E-state index contributed by atoms with van der Waals surface area (Å²) in [6, 6.07) is 6.52. The van der Waals surface area contributed by atoms with Crippen LogP contribution in [0.3, 0.4) is 0 Å². The second kappa shape index (κ2) is 5.74. The van der Waals surface area contributed by atoms with Crippen LogP contribution in [0.25, 0.3) is 0 Å². The molecular formula is C14H13F2N3O2. The number of rotatable bonds is 4. The Kier molecular flexibility index (Phi) is 4.02. The molecule has 110 valence electrons. The molecule has 0 atom stereocenters. The predicted molar refractivity (Wildman–Crippen MR) is 77.0 cm³/mol. The van der Waals surface area contributed by atoms with Gasteiger partial charge in [0.1, 0.15) is 11.5 Å². The van der Waals surface area contributed by atoms with E-state index in [0.29, 0.717) is 5.69 Å². The number of aryl methyl sites for hydroxylation is 1. The first-order valence-electron chi connectivity index (χ1n) is 6.11. The lowest BCUT2D eigenvalue weighted by atomic mass is 10.1. The lowest BCUT2D eigenvalue weighted by Gasteiger charge is -2.11. The molecule has 0 spiro atoms. The lowest BCUT2D eigenvalue weighted by Crippen LogP contribution is -2.01. The fraction of sp³-hybridized carbons (Fsp3) is 0.143. The molecule has 7 heteroatoms. The largest absolute Gasteiger partial charge is 0.388 e. The van der Waals surface area contributed by atoms with Gasteiger partial charge in [0.15, 0.2) is 5.82 Å². The molecule has 2 aromatic carbocycles. The van der Waals surface area contributed by atoms with E-state index in [1.807, 2.05) is 0 Å². The van der Waals surface area contributed by atoms with Gasteiger partial charge in [0.05, 0.1) is 4.92 Å². The van der Waals surface area contributed by atoms with Crippen LogP contribution < -0.4 is 10.6 Å². The van der Waals surface area contributed by atoms with Gasteiger partial charge in [0.25, 0.3) is 5.69 Å². The molecule has 5 nitrogen and oxygen atoms in total. The molecule has 0 aliphatic heterocycles. The number of non-ortho nitro benzene ring substituents is 1. The van der Waals surface area contributed by atoms with E-state index in [1.165, 1.54) is 31.2 Å². The molecule has 2 aromatic rings. The number of nitro groups is 1. The maximum atomic E-state index is 13.9. The van der Waals surface area contributed by atoms with Crippen LogP contribution in [0.2, 0.25) is 0 Å². The van der Waals surface area contributed by atoms with Crippen LogP contribution >= 0.6 is 0 Å². The van der Waals surface area contributed by atoms with Crippen molar-refractivity contribution in [3.8, 4) is 0 Å². The van der Waals surface area contributed by atoms with E-state index in [1.54, 1.807) is 7.05 Å². The van der Waals surface area contributed by atoms with E-state index in [2.05, 4.69) is 10.6 Å². The molecule has 0 heterocycles. The van der Waals surface area contributed by atoms with Crippen molar-refractivity contribution in [2.45, 2.75) is 6.92 Å². The minimum Gasteiger partial charge on any atom is -0.388 e. The molecule has 2 rings (SSSR count). The Balaban J connectivity index is 2.47. The highest BCUT2D eigenvalue weighted by atomic mass is 19.1. The second-order valence-electron chi connectivity index (χ2n) is 4.45. The minimum atomic E-state index is -0.768. The van der Waals surface area contributed by atoms with E-state index in [4.69, 9.17) is 0 Å². The maximum absolute atomic E-state index is 13.9.